The van der Waals surface area contributed by atoms with Crippen molar-refractivity contribution in [3.05, 3.63) is 112 Å². The second-order valence-electron chi connectivity index (χ2n) is 8.51. The Balaban J connectivity index is 1.38. The van der Waals surface area contributed by atoms with Crippen LogP contribution in [0, 0.1) is 0 Å². The maximum Gasteiger partial charge on any atom is 0.344 e. The van der Waals surface area contributed by atoms with Crippen molar-refractivity contribution in [3.63, 3.8) is 0 Å². The molecule has 0 saturated carbocycles. The highest BCUT2D eigenvalue weighted by molar-refractivity contribution is 9.10. The zero-order chi connectivity index (χ0) is 26.2. The smallest absolute Gasteiger partial charge is 0.344 e. The zero-order valence-electron chi connectivity index (χ0n) is 20.0. The van der Waals surface area contributed by atoms with Crippen LogP contribution >= 0.6 is 15.9 Å². The molecule has 0 atom stereocenters. The molecule has 7 nitrogen and oxygen atoms in total. The highest BCUT2D eigenvalue weighted by atomic mass is 79.9. The summed E-state index contributed by atoms with van der Waals surface area (Å²) in [5.41, 5.74) is 3.11. The molecule has 2 aromatic heterocycles. The minimum absolute atomic E-state index is 0.0658. The first-order valence-corrected chi connectivity index (χ1v) is 12.5. The van der Waals surface area contributed by atoms with Gasteiger partial charge in [-0.25, -0.2) is 9.78 Å². The predicted octanol–water partition coefficient (Wildman–Crippen LogP) is 7.29. The lowest BCUT2D eigenvalue weighted by molar-refractivity contribution is 0.0994. The van der Waals surface area contributed by atoms with E-state index < -0.39 is 11.5 Å². The van der Waals surface area contributed by atoms with Crippen molar-refractivity contribution in [2.45, 2.75) is 0 Å². The molecule has 0 unspecified atom stereocenters. The second kappa shape index (κ2) is 9.64. The largest absolute Gasteiger partial charge is 0.496 e. The van der Waals surface area contributed by atoms with E-state index in [0.29, 0.717) is 44.8 Å². The van der Waals surface area contributed by atoms with E-state index in [-0.39, 0.29) is 5.76 Å². The highest BCUT2D eigenvalue weighted by Crippen LogP contribution is 2.33. The summed E-state index contributed by atoms with van der Waals surface area (Å²) in [6, 6.07) is 27.1. The molecule has 38 heavy (non-hydrogen) atoms. The van der Waals surface area contributed by atoms with Gasteiger partial charge in [-0.2, -0.15) is 0 Å². The zero-order valence-corrected chi connectivity index (χ0v) is 21.6. The Bertz CT molecular complexity index is 1890. The Morgan fingerprint density at radius 3 is 2.39 bits per heavy atom. The third-order valence-electron chi connectivity index (χ3n) is 6.15. The predicted molar refractivity (Wildman–Crippen MR) is 150 cm³/mol. The highest BCUT2D eigenvalue weighted by Gasteiger charge is 2.22. The van der Waals surface area contributed by atoms with E-state index in [4.69, 9.17) is 13.6 Å². The number of anilines is 1. The van der Waals surface area contributed by atoms with Crippen LogP contribution in [0.1, 0.15) is 10.6 Å². The van der Waals surface area contributed by atoms with Crippen molar-refractivity contribution >= 4 is 49.4 Å². The first-order chi connectivity index (χ1) is 18.5. The van der Waals surface area contributed by atoms with E-state index in [1.807, 2.05) is 60.7 Å². The number of fused-ring (bicyclic) bond motifs is 2. The lowest BCUT2D eigenvalue weighted by Crippen LogP contribution is -2.16. The Hall–Kier alpha value is -4.69. The van der Waals surface area contributed by atoms with Crippen molar-refractivity contribution in [2.24, 2.45) is 0 Å². The number of hydrogen-bond acceptors (Lipinski definition) is 6. The molecule has 4 aromatic carbocycles. The second-order valence-corrected chi connectivity index (χ2v) is 9.36. The van der Waals surface area contributed by atoms with Crippen molar-refractivity contribution in [1.82, 2.24) is 4.98 Å². The fourth-order valence-corrected chi connectivity index (χ4v) is 4.91. The van der Waals surface area contributed by atoms with Gasteiger partial charge >= 0.3 is 5.63 Å². The molecule has 0 bridgehead atoms. The maximum absolute atomic E-state index is 13.5. The number of methoxy groups -OCH3 is 1. The van der Waals surface area contributed by atoms with Crippen molar-refractivity contribution in [2.75, 3.05) is 12.4 Å². The molecule has 0 aliphatic heterocycles. The minimum Gasteiger partial charge on any atom is -0.496 e. The lowest BCUT2D eigenvalue weighted by Gasteiger charge is -2.12. The quantitative estimate of drug-likeness (QED) is 0.235. The monoisotopic (exact) mass is 566 g/mol. The molecule has 186 valence electrons. The maximum atomic E-state index is 13.5. The molecule has 0 saturated heterocycles. The minimum atomic E-state index is -0.576. The van der Waals surface area contributed by atoms with Crippen molar-refractivity contribution in [1.29, 1.82) is 0 Å². The first-order valence-electron chi connectivity index (χ1n) is 11.7. The van der Waals surface area contributed by atoms with Gasteiger partial charge in [-0.1, -0.05) is 48.5 Å². The van der Waals surface area contributed by atoms with Crippen LogP contribution < -0.4 is 15.7 Å². The Labute approximate surface area is 224 Å². The number of ether oxygens (including phenoxy) is 1. The summed E-state index contributed by atoms with van der Waals surface area (Å²) in [6.45, 7) is 0. The van der Waals surface area contributed by atoms with Gasteiger partial charge in [0.1, 0.15) is 11.3 Å². The van der Waals surface area contributed by atoms with Gasteiger partial charge in [-0.15, -0.1) is 0 Å². The van der Waals surface area contributed by atoms with Gasteiger partial charge in [0.2, 0.25) is 11.7 Å². The van der Waals surface area contributed by atoms with Gasteiger partial charge in [0, 0.05) is 22.2 Å². The van der Waals surface area contributed by atoms with Gasteiger partial charge in [-0.05, 0) is 64.0 Å². The molecule has 0 aliphatic carbocycles. The number of nitrogens with one attached hydrogen (secondary N) is 1. The third kappa shape index (κ3) is 4.25. The lowest BCUT2D eigenvalue weighted by atomic mass is 9.98. The third-order valence-corrected chi connectivity index (χ3v) is 6.77. The molecule has 6 aromatic rings. The van der Waals surface area contributed by atoms with Gasteiger partial charge in [0.05, 0.1) is 17.0 Å². The van der Waals surface area contributed by atoms with Crippen LogP contribution in [0.5, 0.6) is 5.75 Å². The van der Waals surface area contributed by atoms with E-state index in [1.165, 1.54) is 0 Å². The van der Waals surface area contributed by atoms with Crippen LogP contribution in [0.15, 0.2) is 109 Å². The summed E-state index contributed by atoms with van der Waals surface area (Å²) >= 11 is 3.48. The molecule has 1 N–H and O–H groups in total. The first kappa shape index (κ1) is 23.7. The van der Waals surface area contributed by atoms with E-state index in [0.717, 1.165) is 15.6 Å². The molecule has 1 amide bonds. The topological polar surface area (TPSA) is 94.6 Å². The summed E-state index contributed by atoms with van der Waals surface area (Å²) < 4.78 is 17.6. The summed E-state index contributed by atoms with van der Waals surface area (Å²) in [5.74, 6) is 0.515. The Morgan fingerprint density at radius 2 is 1.63 bits per heavy atom. The summed E-state index contributed by atoms with van der Waals surface area (Å²) in [6.07, 6.45) is 0. The molecule has 0 radical (unpaired) electrons. The van der Waals surface area contributed by atoms with Crippen LogP contribution in [0.3, 0.4) is 0 Å². The van der Waals surface area contributed by atoms with Crippen molar-refractivity contribution < 1.29 is 18.4 Å². The van der Waals surface area contributed by atoms with Crippen LogP contribution in [0.4, 0.5) is 5.69 Å². The molecule has 2 heterocycles. The van der Waals surface area contributed by atoms with Crippen LogP contribution in [0.25, 0.3) is 44.5 Å². The average Bonchev–Trinajstić information content (AvgIpc) is 3.37. The van der Waals surface area contributed by atoms with Crippen molar-refractivity contribution in [3.8, 4) is 28.3 Å². The molecular weight excluding hydrogens is 548 g/mol. The normalized spacial score (nSPS) is 11.1. The van der Waals surface area contributed by atoms with Crippen LogP contribution in [-0.2, 0) is 0 Å². The number of carbonyl (C=O) groups is 1. The molecule has 0 aliphatic rings. The Kier molecular flexibility index (Phi) is 6.01. The number of halogens is 1. The fourth-order valence-electron chi connectivity index (χ4n) is 4.37. The summed E-state index contributed by atoms with van der Waals surface area (Å²) in [7, 11) is 1.60. The number of hydrogen-bond donors (Lipinski definition) is 1. The van der Waals surface area contributed by atoms with Gasteiger partial charge in [0.15, 0.2) is 5.58 Å². The van der Waals surface area contributed by atoms with Gasteiger partial charge in [0.25, 0.3) is 5.91 Å². The van der Waals surface area contributed by atoms with E-state index in [9.17, 15) is 9.59 Å². The molecule has 0 spiro atoms. The number of aromatic nitrogens is 1. The number of amides is 1. The summed E-state index contributed by atoms with van der Waals surface area (Å²) in [5, 5.41) is 3.90. The number of rotatable bonds is 5. The molecule has 0 fully saturated rings. The van der Waals surface area contributed by atoms with Crippen LogP contribution in [0.2, 0.25) is 0 Å². The van der Waals surface area contributed by atoms with E-state index in [1.54, 1.807) is 37.4 Å². The average molecular weight is 567 g/mol. The number of nitrogens with zero attached hydrogens (tertiary/aromatic N) is 1. The molecular formula is C30H19BrN2O5. The van der Waals surface area contributed by atoms with E-state index in [2.05, 4.69) is 26.2 Å². The standard InChI is InChI=1S/C30H19BrN2O5/c1-36-24-13-11-18(15-22(24)31)29-33-23-16-19(12-14-25(23)37-29)32-28(34)27-26(17-7-3-2-4-8-17)20-9-5-6-10-21(20)30(35)38-27/h2-16H,1H3,(H,32,34). The molecule has 6 rings (SSSR count). The number of oxazole rings is 1. The Morgan fingerprint density at radius 1 is 0.868 bits per heavy atom. The van der Waals surface area contributed by atoms with Crippen LogP contribution in [-0.4, -0.2) is 18.0 Å². The number of benzene rings is 4. The SMILES string of the molecule is COc1ccc(-c2nc3cc(NC(=O)c4oc(=O)c5ccccc5c4-c4ccccc4)ccc3o2)cc1Br. The fraction of sp³-hybridized carbons (Fsp3) is 0.0333. The van der Waals surface area contributed by atoms with E-state index >= 15 is 0 Å². The van der Waals surface area contributed by atoms with Gasteiger partial charge < -0.3 is 18.9 Å². The summed E-state index contributed by atoms with van der Waals surface area (Å²) in [4.78, 5) is 30.8. The molecule has 8 heteroatoms. The number of carbonyl (C=O) groups excluding carboxylic acids is 1. The van der Waals surface area contributed by atoms with Gasteiger partial charge in [-0.3, -0.25) is 4.79 Å².